The van der Waals surface area contributed by atoms with E-state index in [2.05, 4.69) is 15.6 Å². The van der Waals surface area contributed by atoms with Crippen LogP contribution in [-0.2, 0) is 0 Å². The maximum absolute atomic E-state index is 11.7. The Kier molecular flexibility index (Phi) is 4.91. The number of nitrogens with two attached hydrogens (primary N) is 1. The first kappa shape index (κ1) is 13.8. The summed E-state index contributed by atoms with van der Waals surface area (Å²) in [6.07, 6.45) is 1.56. The van der Waals surface area contributed by atoms with Gasteiger partial charge < -0.3 is 21.3 Å². The van der Waals surface area contributed by atoms with Crippen LogP contribution in [-0.4, -0.2) is 49.0 Å². The first-order chi connectivity index (χ1) is 8.50. The van der Waals surface area contributed by atoms with Gasteiger partial charge in [-0.3, -0.25) is 9.78 Å². The van der Waals surface area contributed by atoms with Crippen molar-refractivity contribution in [2.24, 2.45) is 5.73 Å². The molecule has 1 aromatic rings. The van der Waals surface area contributed by atoms with E-state index in [1.807, 2.05) is 0 Å². The summed E-state index contributed by atoms with van der Waals surface area (Å²) in [6.45, 7) is 0.928. The normalized spacial score (nSPS) is 9.67. The molecule has 4 N–H and O–H groups in total. The van der Waals surface area contributed by atoms with Gasteiger partial charge in [0.1, 0.15) is 5.69 Å². The molecule has 7 nitrogen and oxygen atoms in total. The second-order valence-electron chi connectivity index (χ2n) is 3.85. The fraction of sp³-hybridized carbons (Fsp3) is 0.364. The van der Waals surface area contributed by atoms with Crippen LogP contribution >= 0.6 is 0 Å². The van der Waals surface area contributed by atoms with Crippen LogP contribution in [0.4, 0.5) is 10.5 Å². The molecule has 0 fully saturated rings. The minimum absolute atomic E-state index is 0.158. The molecule has 1 aromatic heterocycles. The van der Waals surface area contributed by atoms with Gasteiger partial charge in [-0.15, -0.1) is 0 Å². The summed E-state index contributed by atoms with van der Waals surface area (Å²) in [6, 6.07) is 2.85. The summed E-state index contributed by atoms with van der Waals surface area (Å²) in [7, 11) is 3.34. The Hall–Kier alpha value is -2.31. The van der Waals surface area contributed by atoms with Crippen molar-refractivity contribution < 1.29 is 9.59 Å². The zero-order chi connectivity index (χ0) is 13.5. The quantitative estimate of drug-likeness (QED) is 0.634. The Morgan fingerprint density at radius 1 is 1.39 bits per heavy atom. The number of nitrogens with zero attached hydrogens (tertiary/aromatic N) is 2. The van der Waals surface area contributed by atoms with Crippen LogP contribution in [0, 0.1) is 0 Å². The largest absolute Gasteiger partial charge is 0.383 e. The lowest BCUT2D eigenvalue weighted by molar-refractivity contribution is 0.0822. The molecule has 0 bridgehead atoms. The molecule has 0 aliphatic rings. The van der Waals surface area contributed by atoms with Crippen LogP contribution in [0.1, 0.15) is 10.5 Å². The van der Waals surface area contributed by atoms with Crippen molar-refractivity contribution in [1.82, 2.24) is 15.2 Å². The topological polar surface area (TPSA) is 100 Å². The number of amides is 3. The number of hydrogen-bond acceptors (Lipinski definition) is 4. The summed E-state index contributed by atoms with van der Waals surface area (Å²) in [5, 5.41) is 5.51. The lowest BCUT2D eigenvalue weighted by atomic mass is 10.3. The van der Waals surface area contributed by atoms with Crippen LogP contribution in [0.5, 0.6) is 0 Å². The van der Waals surface area contributed by atoms with Gasteiger partial charge in [-0.2, -0.15) is 0 Å². The number of anilines is 1. The van der Waals surface area contributed by atoms with Crippen LogP contribution in [0.3, 0.4) is 0 Å². The first-order valence-electron chi connectivity index (χ1n) is 5.45. The van der Waals surface area contributed by atoms with Crippen molar-refractivity contribution in [3.63, 3.8) is 0 Å². The second-order valence-corrected chi connectivity index (χ2v) is 3.85. The van der Waals surface area contributed by atoms with E-state index in [0.29, 0.717) is 18.8 Å². The first-order valence-corrected chi connectivity index (χ1v) is 5.45. The van der Waals surface area contributed by atoms with E-state index in [1.54, 1.807) is 32.4 Å². The van der Waals surface area contributed by atoms with Gasteiger partial charge in [0, 0.05) is 39.1 Å². The Morgan fingerprint density at radius 2 is 2.11 bits per heavy atom. The summed E-state index contributed by atoms with van der Waals surface area (Å²) in [5.74, 6) is -0.158. The highest BCUT2D eigenvalue weighted by atomic mass is 16.2. The molecule has 1 rings (SSSR count). The molecule has 0 unspecified atom stereocenters. The molecule has 1 heterocycles. The smallest absolute Gasteiger partial charge is 0.312 e. The maximum atomic E-state index is 11.7. The van der Waals surface area contributed by atoms with Crippen LogP contribution in [0.2, 0.25) is 0 Å². The summed E-state index contributed by atoms with van der Waals surface area (Å²) in [5.41, 5.74) is 6.06. The van der Waals surface area contributed by atoms with E-state index in [0.717, 1.165) is 5.69 Å². The van der Waals surface area contributed by atoms with Gasteiger partial charge in [-0.05, 0) is 12.1 Å². The lowest BCUT2D eigenvalue weighted by Crippen LogP contribution is -2.33. The molecule has 0 radical (unpaired) electrons. The number of nitrogens with one attached hydrogen (secondary N) is 2. The third-order valence-corrected chi connectivity index (χ3v) is 2.14. The van der Waals surface area contributed by atoms with E-state index in [1.165, 1.54) is 4.90 Å². The zero-order valence-corrected chi connectivity index (χ0v) is 10.4. The van der Waals surface area contributed by atoms with Crippen molar-refractivity contribution in [2.75, 3.05) is 32.5 Å². The molecule has 0 atom stereocenters. The molecule has 0 aliphatic heterocycles. The molecule has 0 saturated carbocycles. The molecule has 0 aliphatic carbocycles. The van der Waals surface area contributed by atoms with Crippen LogP contribution in [0.15, 0.2) is 18.3 Å². The third-order valence-electron chi connectivity index (χ3n) is 2.14. The number of hydrogen-bond donors (Lipinski definition) is 3. The van der Waals surface area contributed by atoms with Gasteiger partial charge in [-0.25, -0.2) is 4.79 Å². The maximum Gasteiger partial charge on any atom is 0.312 e. The molecule has 3 amide bonds. The number of primary amides is 1. The Balaban J connectivity index is 2.54. The van der Waals surface area contributed by atoms with Crippen molar-refractivity contribution >= 4 is 17.6 Å². The minimum Gasteiger partial charge on any atom is -0.383 e. The average molecular weight is 251 g/mol. The Labute approximate surface area is 105 Å². The second kappa shape index (κ2) is 6.43. The van der Waals surface area contributed by atoms with Gasteiger partial charge in [-0.1, -0.05) is 0 Å². The van der Waals surface area contributed by atoms with Crippen LogP contribution < -0.4 is 16.4 Å². The Morgan fingerprint density at radius 3 is 2.72 bits per heavy atom. The summed E-state index contributed by atoms with van der Waals surface area (Å²) in [4.78, 5) is 27.6. The highest BCUT2D eigenvalue weighted by Crippen LogP contribution is 2.08. The van der Waals surface area contributed by atoms with Gasteiger partial charge in [0.25, 0.3) is 5.91 Å². The molecule has 0 saturated heterocycles. The van der Waals surface area contributed by atoms with Crippen molar-refractivity contribution in [3.8, 4) is 0 Å². The van der Waals surface area contributed by atoms with Crippen molar-refractivity contribution in [3.05, 3.63) is 24.0 Å². The standard InChI is InChI=1S/C11H17N5O2/c1-16(2)10(17)9-7-8(3-4-14-9)13-5-6-15-11(12)18/h3-4,7H,5-6H2,1-2H3,(H,13,14)(H3,12,15,18). The number of carbonyl (C=O) groups excluding carboxylic acids is 2. The van der Waals surface area contributed by atoms with Gasteiger partial charge in [0.2, 0.25) is 0 Å². The van der Waals surface area contributed by atoms with Gasteiger partial charge in [0.15, 0.2) is 0 Å². The molecular formula is C11H17N5O2. The monoisotopic (exact) mass is 251 g/mol. The minimum atomic E-state index is -0.560. The SMILES string of the molecule is CN(C)C(=O)c1cc(NCCNC(N)=O)ccn1. The Bertz CT molecular complexity index is 433. The van der Waals surface area contributed by atoms with Crippen molar-refractivity contribution in [1.29, 1.82) is 0 Å². The summed E-state index contributed by atoms with van der Waals surface area (Å²) >= 11 is 0. The van der Waals surface area contributed by atoms with Gasteiger partial charge >= 0.3 is 6.03 Å². The van der Waals surface area contributed by atoms with Gasteiger partial charge in [0.05, 0.1) is 0 Å². The predicted octanol–water partition coefficient (Wildman–Crippen LogP) is -0.136. The fourth-order valence-corrected chi connectivity index (χ4v) is 1.28. The molecule has 7 heteroatoms. The zero-order valence-electron chi connectivity index (χ0n) is 10.4. The number of aromatic nitrogens is 1. The number of rotatable bonds is 5. The molecular weight excluding hydrogens is 234 g/mol. The highest BCUT2D eigenvalue weighted by molar-refractivity contribution is 5.92. The number of pyridine rings is 1. The average Bonchev–Trinajstić information content (AvgIpc) is 2.33. The van der Waals surface area contributed by atoms with E-state index in [-0.39, 0.29) is 5.91 Å². The van der Waals surface area contributed by atoms with Crippen molar-refractivity contribution in [2.45, 2.75) is 0 Å². The number of carbonyl (C=O) groups is 2. The van der Waals surface area contributed by atoms with Crippen LogP contribution in [0.25, 0.3) is 0 Å². The molecule has 0 spiro atoms. The fourth-order valence-electron chi connectivity index (χ4n) is 1.28. The number of urea groups is 1. The molecule has 18 heavy (non-hydrogen) atoms. The lowest BCUT2D eigenvalue weighted by Gasteiger charge is -2.11. The van der Waals surface area contributed by atoms with E-state index in [9.17, 15) is 9.59 Å². The molecule has 98 valence electrons. The van der Waals surface area contributed by atoms with E-state index in [4.69, 9.17) is 5.73 Å². The van der Waals surface area contributed by atoms with E-state index < -0.39 is 6.03 Å². The third kappa shape index (κ3) is 4.28. The predicted molar refractivity (Wildman–Crippen MR) is 68.3 cm³/mol. The highest BCUT2D eigenvalue weighted by Gasteiger charge is 2.09. The van der Waals surface area contributed by atoms with E-state index >= 15 is 0 Å². The summed E-state index contributed by atoms with van der Waals surface area (Å²) < 4.78 is 0. The molecule has 0 aromatic carbocycles.